The van der Waals surface area contributed by atoms with Crippen LogP contribution in [0.3, 0.4) is 0 Å². The molecule has 1 unspecified atom stereocenters. The molecule has 0 fully saturated rings. The Kier molecular flexibility index (Phi) is 6.21. The molecule has 0 amide bonds. The van der Waals surface area contributed by atoms with E-state index in [1.165, 1.54) is 5.56 Å². The zero-order valence-electron chi connectivity index (χ0n) is 17.8. The van der Waals surface area contributed by atoms with Crippen LogP contribution in [-0.4, -0.2) is 22.7 Å². The summed E-state index contributed by atoms with van der Waals surface area (Å²) in [4.78, 5) is 15.8. The molecule has 1 aliphatic carbocycles. The van der Waals surface area contributed by atoms with Gasteiger partial charge >= 0.3 is 5.97 Å². The lowest BCUT2D eigenvalue weighted by Gasteiger charge is -2.15. The van der Waals surface area contributed by atoms with E-state index in [1.807, 2.05) is 43.3 Å². The molecular weight excluding hydrogens is 390 g/mol. The zero-order chi connectivity index (χ0) is 21.8. The Morgan fingerprint density at radius 3 is 2.87 bits per heavy atom. The summed E-state index contributed by atoms with van der Waals surface area (Å²) in [6.45, 7) is 6.27. The van der Waals surface area contributed by atoms with E-state index in [2.05, 4.69) is 23.7 Å². The molecule has 1 aromatic heterocycles. The number of carboxylic acid groups (broad SMARTS) is 1. The number of rotatable bonds is 9. The van der Waals surface area contributed by atoms with Crippen LogP contribution in [0.25, 0.3) is 11.5 Å². The minimum absolute atomic E-state index is 0.0827. The third-order valence-electron chi connectivity index (χ3n) is 5.82. The second kappa shape index (κ2) is 9.21. The number of nitrogens with zero attached hydrogens (tertiary/aromatic N) is 1. The summed E-state index contributed by atoms with van der Waals surface area (Å²) in [6, 6.07) is 14.1. The molecule has 1 aliphatic rings. The zero-order valence-corrected chi connectivity index (χ0v) is 17.8. The molecule has 0 radical (unpaired) electrons. The van der Waals surface area contributed by atoms with Gasteiger partial charge in [0.15, 0.2) is 0 Å². The first-order valence-electron chi connectivity index (χ1n) is 10.7. The first-order chi connectivity index (χ1) is 15.0. The quantitative estimate of drug-likeness (QED) is 0.465. The maximum Gasteiger partial charge on any atom is 0.303 e. The van der Waals surface area contributed by atoms with Crippen LogP contribution in [0.5, 0.6) is 5.75 Å². The van der Waals surface area contributed by atoms with Crippen LogP contribution in [0, 0.1) is 6.92 Å². The highest BCUT2D eigenvalue weighted by atomic mass is 16.5. The summed E-state index contributed by atoms with van der Waals surface area (Å²) < 4.78 is 12.0. The van der Waals surface area contributed by atoms with Crippen molar-refractivity contribution >= 4 is 5.97 Å². The molecule has 1 heterocycles. The molecule has 160 valence electrons. The highest BCUT2D eigenvalue weighted by Crippen LogP contribution is 2.39. The number of hydrogen-bond acceptors (Lipinski definition) is 4. The minimum Gasteiger partial charge on any atom is -0.493 e. The van der Waals surface area contributed by atoms with Crippen molar-refractivity contribution in [3.05, 3.63) is 83.3 Å². The molecule has 0 spiro atoms. The molecule has 5 heteroatoms. The van der Waals surface area contributed by atoms with Crippen molar-refractivity contribution < 1.29 is 19.1 Å². The average Bonchev–Trinajstić information content (AvgIpc) is 3.32. The van der Waals surface area contributed by atoms with E-state index in [9.17, 15) is 9.90 Å². The molecule has 5 nitrogen and oxygen atoms in total. The second-order valence-electron chi connectivity index (χ2n) is 7.97. The van der Waals surface area contributed by atoms with E-state index in [0.29, 0.717) is 25.3 Å². The summed E-state index contributed by atoms with van der Waals surface area (Å²) >= 11 is 0. The first-order valence-corrected chi connectivity index (χ1v) is 10.7. The number of carboxylic acids is 1. The van der Waals surface area contributed by atoms with Gasteiger partial charge in [0.25, 0.3) is 0 Å². The van der Waals surface area contributed by atoms with Crippen molar-refractivity contribution in [1.29, 1.82) is 0 Å². The van der Waals surface area contributed by atoms with Gasteiger partial charge in [-0.1, -0.05) is 30.3 Å². The van der Waals surface area contributed by atoms with Crippen LogP contribution >= 0.6 is 0 Å². The van der Waals surface area contributed by atoms with Gasteiger partial charge in [-0.05, 0) is 67.0 Å². The molecule has 31 heavy (non-hydrogen) atoms. The predicted octanol–water partition coefficient (Wildman–Crippen LogP) is 5.50. The van der Waals surface area contributed by atoms with Crippen LogP contribution in [0.15, 0.2) is 59.5 Å². The lowest BCUT2D eigenvalue weighted by molar-refractivity contribution is -0.137. The molecule has 4 rings (SSSR count). The van der Waals surface area contributed by atoms with Gasteiger partial charge in [0.05, 0.1) is 18.7 Å². The maximum absolute atomic E-state index is 11.2. The average molecular weight is 418 g/mol. The third kappa shape index (κ3) is 4.71. The van der Waals surface area contributed by atoms with Crippen LogP contribution in [-0.2, 0) is 24.1 Å². The minimum atomic E-state index is -0.749. The topological polar surface area (TPSA) is 72.6 Å². The van der Waals surface area contributed by atoms with E-state index in [-0.39, 0.29) is 12.3 Å². The van der Waals surface area contributed by atoms with E-state index >= 15 is 0 Å². The smallest absolute Gasteiger partial charge is 0.303 e. The number of aryl methyl sites for hydroxylation is 2. The Hall–Kier alpha value is -3.34. The molecule has 0 saturated carbocycles. The molecule has 0 aliphatic heterocycles. The van der Waals surface area contributed by atoms with Crippen LogP contribution < -0.4 is 4.74 Å². The molecule has 3 aromatic rings. The number of fused-ring (bicyclic) bond motifs is 1. The summed E-state index contributed by atoms with van der Waals surface area (Å²) in [5.41, 5.74) is 5.24. The van der Waals surface area contributed by atoms with E-state index in [1.54, 1.807) is 0 Å². The van der Waals surface area contributed by atoms with Gasteiger partial charge < -0.3 is 14.3 Å². The van der Waals surface area contributed by atoms with Crippen molar-refractivity contribution in [3.8, 4) is 17.2 Å². The number of hydrogen-bond donors (Lipinski definition) is 1. The van der Waals surface area contributed by atoms with Gasteiger partial charge in [0, 0.05) is 12.0 Å². The number of benzene rings is 2. The van der Waals surface area contributed by atoms with Crippen LogP contribution in [0.2, 0.25) is 0 Å². The first kappa shape index (κ1) is 20.9. The maximum atomic E-state index is 11.2. The SMILES string of the molecule is C=CCc1cc2c(cc1OCCc1nc(-c3ccccc3)oc1C)CCC2CC(=O)O. The van der Waals surface area contributed by atoms with Crippen molar-refractivity contribution in [3.63, 3.8) is 0 Å². The Labute approximate surface area is 182 Å². The van der Waals surface area contributed by atoms with Gasteiger partial charge in [0.2, 0.25) is 5.89 Å². The van der Waals surface area contributed by atoms with Gasteiger partial charge in [0.1, 0.15) is 11.5 Å². The molecule has 0 saturated heterocycles. The van der Waals surface area contributed by atoms with Crippen molar-refractivity contribution in [2.75, 3.05) is 6.61 Å². The molecule has 2 aromatic carbocycles. The summed E-state index contributed by atoms with van der Waals surface area (Å²) in [5, 5.41) is 9.19. The predicted molar refractivity (Wildman–Crippen MR) is 120 cm³/mol. The van der Waals surface area contributed by atoms with E-state index < -0.39 is 5.97 Å². The van der Waals surface area contributed by atoms with Gasteiger partial charge in [-0.15, -0.1) is 6.58 Å². The lowest BCUT2D eigenvalue weighted by Crippen LogP contribution is -2.07. The number of carbonyl (C=O) groups is 1. The normalized spacial score (nSPS) is 14.9. The highest BCUT2D eigenvalue weighted by Gasteiger charge is 2.26. The Bertz CT molecular complexity index is 1080. The fourth-order valence-corrected chi connectivity index (χ4v) is 4.26. The van der Waals surface area contributed by atoms with Crippen molar-refractivity contribution in [2.24, 2.45) is 0 Å². The molecule has 1 atom stereocenters. The number of ether oxygens (including phenoxy) is 1. The largest absolute Gasteiger partial charge is 0.493 e. The summed E-state index contributed by atoms with van der Waals surface area (Å²) in [5.74, 6) is 1.61. The summed E-state index contributed by atoms with van der Waals surface area (Å²) in [7, 11) is 0. The Morgan fingerprint density at radius 2 is 2.13 bits per heavy atom. The summed E-state index contributed by atoms with van der Waals surface area (Å²) in [6.07, 6.45) is 5.12. The second-order valence-corrected chi connectivity index (χ2v) is 7.97. The standard InChI is InChI=1S/C26H27NO4/c1-3-7-21-14-22-19(10-11-20(22)16-25(28)29)15-24(21)30-13-12-23-17(2)31-26(27-23)18-8-5-4-6-9-18/h3-6,8-9,14-15,20H,1,7,10-13,16H2,2H3,(H,28,29). The number of aliphatic carboxylic acids is 1. The third-order valence-corrected chi connectivity index (χ3v) is 5.82. The van der Waals surface area contributed by atoms with Gasteiger partial charge in [-0.25, -0.2) is 4.98 Å². The van der Waals surface area contributed by atoms with Gasteiger partial charge in [-0.3, -0.25) is 4.79 Å². The van der Waals surface area contributed by atoms with Crippen molar-refractivity contribution in [2.45, 2.75) is 44.9 Å². The Balaban J connectivity index is 1.47. The molecular formula is C26H27NO4. The number of allylic oxidation sites excluding steroid dienone is 1. The molecule has 0 bridgehead atoms. The lowest BCUT2D eigenvalue weighted by atomic mass is 9.95. The van der Waals surface area contributed by atoms with Gasteiger partial charge in [-0.2, -0.15) is 0 Å². The number of aromatic nitrogens is 1. The molecule has 1 N–H and O–H groups in total. The van der Waals surface area contributed by atoms with E-state index in [4.69, 9.17) is 9.15 Å². The fraction of sp³-hybridized carbons (Fsp3) is 0.308. The monoisotopic (exact) mass is 417 g/mol. The Morgan fingerprint density at radius 1 is 1.32 bits per heavy atom. The van der Waals surface area contributed by atoms with Crippen molar-refractivity contribution in [1.82, 2.24) is 4.98 Å². The van der Waals surface area contributed by atoms with Crippen LogP contribution in [0.4, 0.5) is 0 Å². The van der Waals surface area contributed by atoms with Crippen LogP contribution in [0.1, 0.15) is 46.9 Å². The van der Waals surface area contributed by atoms with E-state index in [0.717, 1.165) is 46.7 Å². The number of oxazole rings is 1. The fourth-order valence-electron chi connectivity index (χ4n) is 4.26. The highest BCUT2D eigenvalue weighted by molar-refractivity contribution is 5.68.